The Labute approximate surface area is 104 Å². The summed E-state index contributed by atoms with van der Waals surface area (Å²) in [5.41, 5.74) is 0. The zero-order valence-electron chi connectivity index (χ0n) is 10.4. The average Bonchev–Trinajstić information content (AvgIpc) is 2.28. The summed E-state index contributed by atoms with van der Waals surface area (Å²) < 4.78 is 39.3. The molecular weight excluding hydrogens is 249 g/mol. The molecule has 7 heteroatoms. The van der Waals surface area contributed by atoms with Crippen molar-refractivity contribution in [2.45, 2.75) is 38.4 Å². The van der Waals surface area contributed by atoms with E-state index in [2.05, 4.69) is 21.9 Å². The lowest BCUT2D eigenvalue weighted by Gasteiger charge is -2.33. The molecule has 4 nitrogen and oxygen atoms in total. The minimum Gasteiger partial charge on any atom is -0.440 e. The Morgan fingerprint density at radius 3 is 2.78 bits per heavy atom. The minimum atomic E-state index is -4.47. The van der Waals surface area contributed by atoms with E-state index < -0.39 is 18.9 Å². The van der Waals surface area contributed by atoms with Crippen LogP contribution in [0.5, 0.6) is 0 Å². The number of nitrogens with one attached hydrogen (secondary N) is 1. The van der Waals surface area contributed by atoms with Gasteiger partial charge in [0.25, 0.3) is 0 Å². The Morgan fingerprint density at radius 1 is 1.44 bits per heavy atom. The summed E-state index contributed by atoms with van der Waals surface area (Å²) in [4.78, 5) is 13.2. The van der Waals surface area contributed by atoms with Crippen LogP contribution in [0.1, 0.15) is 26.2 Å². The van der Waals surface area contributed by atoms with Crippen LogP contribution in [0.4, 0.5) is 18.0 Å². The van der Waals surface area contributed by atoms with Crippen LogP contribution in [0.3, 0.4) is 0 Å². The fourth-order valence-electron chi connectivity index (χ4n) is 1.99. The molecule has 0 spiro atoms. The summed E-state index contributed by atoms with van der Waals surface area (Å²) in [5.74, 6) is 0. The van der Waals surface area contributed by atoms with Crippen molar-refractivity contribution in [1.29, 1.82) is 0 Å². The predicted octanol–water partition coefficient (Wildman–Crippen LogP) is 2.15. The summed E-state index contributed by atoms with van der Waals surface area (Å²) in [6, 6.07) is 0.465. The van der Waals surface area contributed by atoms with Gasteiger partial charge in [-0.25, -0.2) is 4.79 Å². The molecule has 1 unspecified atom stereocenters. The fraction of sp³-hybridized carbons (Fsp3) is 0.909. The topological polar surface area (TPSA) is 41.6 Å². The van der Waals surface area contributed by atoms with E-state index in [1.165, 1.54) is 6.42 Å². The Bertz CT molecular complexity index is 272. The predicted molar refractivity (Wildman–Crippen MR) is 60.3 cm³/mol. The Morgan fingerprint density at radius 2 is 2.17 bits per heavy atom. The molecule has 1 fully saturated rings. The number of carbonyl (C=O) groups is 1. The van der Waals surface area contributed by atoms with Crippen molar-refractivity contribution in [3.63, 3.8) is 0 Å². The lowest BCUT2D eigenvalue weighted by molar-refractivity contribution is -0.160. The van der Waals surface area contributed by atoms with Gasteiger partial charge in [-0.2, -0.15) is 13.2 Å². The van der Waals surface area contributed by atoms with E-state index in [0.717, 1.165) is 19.4 Å². The van der Waals surface area contributed by atoms with Gasteiger partial charge in [0.1, 0.15) is 0 Å². The molecule has 0 radical (unpaired) electrons. The van der Waals surface area contributed by atoms with Crippen LogP contribution < -0.4 is 5.32 Å². The molecule has 0 saturated carbocycles. The van der Waals surface area contributed by atoms with Crippen LogP contribution in [0, 0.1) is 0 Å². The van der Waals surface area contributed by atoms with E-state index >= 15 is 0 Å². The molecule has 1 N–H and O–H groups in total. The van der Waals surface area contributed by atoms with E-state index in [-0.39, 0.29) is 0 Å². The van der Waals surface area contributed by atoms with Gasteiger partial charge in [0.2, 0.25) is 0 Å². The maximum absolute atomic E-state index is 11.8. The van der Waals surface area contributed by atoms with Gasteiger partial charge in [0.15, 0.2) is 6.61 Å². The lowest BCUT2D eigenvalue weighted by Crippen LogP contribution is -2.42. The number of carbonyl (C=O) groups excluding carboxylic acids is 1. The van der Waals surface area contributed by atoms with Gasteiger partial charge in [-0.3, -0.25) is 4.90 Å². The maximum Gasteiger partial charge on any atom is 0.422 e. The molecule has 0 aliphatic carbocycles. The SMILES string of the molecule is CC1CCCCN1CCNC(=O)OCC(F)(F)F. The molecule has 1 rings (SSSR count). The smallest absolute Gasteiger partial charge is 0.422 e. The van der Waals surface area contributed by atoms with Gasteiger partial charge < -0.3 is 10.1 Å². The number of alkyl halides is 3. The standard InChI is InChI=1S/C11H19F3N2O2/c1-9-4-2-3-6-16(9)7-5-15-10(17)18-8-11(12,13)14/h9H,2-8H2,1H3,(H,15,17). The van der Waals surface area contributed by atoms with Gasteiger partial charge in [-0.1, -0.05) is 6.42 Å². The number of piperidine rings is 1. The minimum absolute atomic E-state index is 0.307. The fourth-order valence-corrected chi connectivity index (χ4v) is 1.99. The highest BCUT2D eigenvalue weighted by molar-refractivity contribution is 5.67. The normalized spacial score (nSPS) is 21.7. The van der Waals surface area contributed by atoms with Crippen LogP contribution in [0.15, 0.2) is 0 Å². The monoisotopic (exact) mass is 268 g/mol. The molecule has 0 aromatic rings. The summed E-state index contributed by atoms with van der Waals surface area (Å²) in [6.07, 6.45) is -2.03. The largest absolute Gasteiger partial charge is 0.440 e. The molecule has 1 aliphatic heterocycles. The van der Waals surface area contributed by atoms with Crippen LogP contribution in [0.25, 0.3) is 0 Å². The highest BCUT2D eigenvalue weighted by Crippen LogP contribution is 2.15. The van der Waals surface area contributed by atoms with E-state index in [4.69, 9.17) is 0 Å². The third kappa shape index (κ3) is 6.09. The zero-order valence-corrected chi connectivity index (χ0v) is 10.4. The molecule has 1 amide bonds. The number of alkyl carbamates (subject to hydrolysis) is 1. The number of rotatable bonds is 4. The molecule has 18 heavy (non-hydrogen) atoms. The van der Waals surface area contributed by atoms with E-state index in [1.54, 1.807) is 0 Å². The number of likely N-dealkylation sites (tertiary alicyclic amines) is 1. The first kappa shape index (κ1) is 15.1. The highest BCUT2D eigenvalue weighted by Gasteiger charge is 2.29. The van der Waals surface area contributed by atoms with Crippen molar-refractivity contribution >= 4 is 6.09 Å². The molecule has 1 atom stereocenters. The maximum atomic E-state index is 11.8. The molecule has 1 aliphatic rings. The van der Waals surface area contributed by atoms with Crippen molar-refractivity contribution in [1.82, 2.24) is 10.2 Å². The van der Waals surface area contributed by atoms with Crippen molar-refractivity contribution in [3.8, 4) is 0 Å². The van der Waals surface area contributed by atoms with E-state index in [9.17, 15) is 18.0 Å². The van der Waals surface area contributed by atoms with Gasteiger partial charge in [0.05, 0.1) is 0 Å². The van der Waals surface area contributed by atoms with Crippen LogP contribution in [0.2, 0.25) is 0 Å². The number of nitrogens with zero attached hydrogens (tertiary/aromatic N) is 1. The first-order valence-electron chi connectivity index (χ1n) is 6.10. The summed E-state index contributed by atoms with van der Waals surface area (Å²) >= 11 is 0. The van der Waals surface area contributed by atoms with E-state index in [1.807, 2.05) is 0 Å². The van der Waals surface area contributed by atoms with Gasteiger partial charge >= 0.3 is 12.3 Å². The molecule has 106 valence electrons. The molecule has 1 heterocycles. The van der Waals surface area contributed by atoms with Gasteiger partial charge in [-0.15, -0.1) is 0 Å². The van der Waals surface area contributed by atoms with Gasteiger partial charge in [0, 0.05) is 19.1 Å². The van der Waals surface area contributed by atoms with Crippen LogP contribution in [-0.2, 0) is 4.74 Å². The number of hydrogen-bond donors (Lipinski definition) is 1. The third-order valence-electron chi connectivity index (χ3n) is 2.98. The second-order valence-corrected chi connectivity index (χ2v) is 4.50. The summed E-state index contributed by atoms with van der Waals surface area (Å²) in [6.45, 7) is 2.49. The van der Waals surface area contributed by atoms with Crippen molar-refractivity contribution < 1.29 is 22.7 Å². The molecule has 0 aromatic carbocycles. The van der Waals surface area contributed by atoms with Crippen LogP contribution >= 0.6 is 0 Å². The Balaban J connectivity index is 2.11. The third-order valence-corrected chi connectivity index (χ3v) is 2.98. The highest BCUT2D eigenvalue weighted by atomic mass is 19.4. The Hall–Kier alpha value is -0.980. The molecule has 1 saturated heterocycles. The average molecular weight is 268 g/mol. The first-order chi connectivity index (χ1) is 8.38. The quantitative estimate of drug-likeness (QED) is 0.849. The molecular formula is C11H19F3N2O2. The number of ether oxygens (including phenoxy) is 1. The Kier molecular flexibility index (Phi) is 5.71. The van der Waals surface area contributed by atoms with Gasteiger partial charge in [-0.05, 0) is 26.3 Å². The number of hydrogen-bond acceptors (Lipinski definition) is 3. The first-order valence-corrected chi connectivity index (χ1v) is 6.10. The second-order valence-electron chi connectivity index (χ2n) is 4.50. The van der Waals surface area contributed by atoms with Crippen LogP contribution in [-0.4, -0.2) is 49.5 Å². The van der Waals surface area contributed by atoms with Crippen molar-refractivity contribution in [2.24, 2.45) is 0 Å². The summed E-state index contributed by atoms with van der Waals surface area (Å²) in [5, 5.41) is 2.32. The molecule has 0 aromatic heterocycles. The van der Waals surface area contributed by atoms with E-state index in [0.29, 0.717) is 19.1 Å². The molecule has 0 bridgehead atoms. The zero-order chi connectivity index (χ0) is 13.6. The number of amides is 1. The summed E-state index contributed by atoms with van der Waals surface area (Å²) in [7, 11) is 0. The number of halogens is 3. The second kappa shape index (κ2) is 6.82. The van der Waals surface area contributed by atoms with Crippen molar-refractivity contribution in [2.75, 3.05) is 26.2 Å². The lowest BCUT2D eigenvalue weighted by atomic mass is 10.0. The van der Waals surface area contributed by atoms with Crippen molar-refractivity contribution in [3.05, 3.63) is 0 Å².